The molecule has 0 unspecified atom stereocenters. The molecule has 2 aromatic heterocycles. The number of aromatic nitrogens is 3. The van der Waals surface area contributed by atoms with E-state index in [1.807, 2.05) is 19.3 Å². The second-order valence-electron chi connectivity index (χ2n) is 3.19. The zero-order valence-electron chi connectivity index (χ0n) is 7.92. The van der Waals surface area contributed by atoms with Crippen molar-refractivity contribution in [2.75, 3.05) is 0 Å². The molecule has 2 aromatic rings. The first kappa shape index (κ1) is 8.74. The highest BCUT2D eigenvalue weighted by Crippen LogP contribution is 1.97. The van der Waals surface area contributed by atoms with Crippen molar-refractivity contribution in [3.8, 4) is 0 Å². The molecule has 72 valence electrons. The Hall–Kier alpha value is -1.84. The van der Waals surface area contributed by atoms with Gasteiger partial charge in [0.1, 0.15) is 0 Å². The predicted molar refractivity (Wildman–Crippen MR) is 53.0 cm³/mol. The molecule has 0 saturated carbocycles. The van der Waals surface area contributed by atoms with Crippen LogP contribution in [0.5, 0.6) is 0 Å². The van der Waals surface area contributed by atoms with Crippen molar-refractivity contribution >= 4 is 0 Å². The molecular formula is C10H11N3O. The first-order valence-electron chi connectivity index (χ1n) is 4.39. The van der Waals surface area contributed by atoms with Crippen molar-refractivity contribution in [3.63, 3.8) is 0 Å². The van der Waals surface area contributed by atoms with Gasteiger partial charge in [0.2, 0.25) is 0 Å². The quantitative estimate of drug-likeness (QED) is 0.695. The van der Waals surface area contributed by atoms with E-state index in [1.54, 1.807) is 33.8 Å². The number of pyridine rings is 1. The number of nitrogens with zero attached hydrogens (tertiary/aromatic N) is 3. The minimum Gasteiger partial charge on any atom is -0.311 e. The highest BCUT2D eigenvalue weighted by atomic mass is 16.1. The normalized spacial score (nSPS) is 10.4. The third-order valence-electron chi connectivity index (χ3n) is 2.01. The summed E-state index contributed by atoms with van der Waals surface area (Å²) >= 11 is 0. The number of rotatable bonds is 2. The number of aryl methyl sites for hydroxylation is 1. The van der Waals surface area contributed by atoms with Gasteiger partial charge in [-0.3, -0.25) is 9.48 Å². The molecular weight excluding hydrogens is 178 g/mol. The molecule has 0 amide bonds. The summed E-state index contributed by atoms with van der Waals surface area (Å²) in [4.78, 5) is 11.4. The minimum atomic E-state index is 0.0105. The molecule has 0 aliphatic rings. The summed E-state index contributed by atoms with van der Waals surface area (Å²) < 4.78 is 3.38. The van der Waals surface area contributed by atoms with Crippen LogP contribution in [0.1, 0.15) is 5.56 Å². The Morgan fingerprint density at radius 2 is 2.29 bits per heavy atom. The maximum atomic E-state index is 11.4. The van der Waals surface area contributed by atoms with Gasteiger partial charge in [-0.1, -0.05) is 6.07 Å². The van der Waals surface area contributed by atoms with E-state index in [0.717, 1.165) is 5.56 Å². The molecule has 0 spiro atoms. The average molecular weight is 189 g/mol. The van der Waals surface area contributed by atoms with E-state index in [9.17, 15) is 4.79 Å². The molecule has 0 N–H and O–H groups in total. The Morgan fingerprint density at radius 1 is 1.43 bits per heavy atom. The second kappa shape index (κ2) is 3.49. The van der Waals surface area contributed by atoms with Crippen molar-refractivity contribution in [2.24, 2.45) is 7.05 Å². The zero-order chi connectivity index (χ0) is 9.97. The molecule has 0 aliphatic carbocycles. The van der Waals surface area contributed by atoms with Crippen LogP contribution in [0, 0.1) is 0 Å². The predicted octanol–water partition coefficient (Wildman–Crippen LogP) is 0.630. The standard InChI is InChI=1S/C10H11N3O/c1-12-7-9(6-11-12)8-13-5-3-2-4-10(13)14/h2-7H,8H2,1H3. The fourth-order valence-electron chi connectivity index (χ4n) is 1.34. The minimum absolute atomic E-state index is 0.0105. The molecule has 0 aliphatic heterocycles. The Bertz CT molecular complexity index is 484. The van der Waals surface area contributed by atoms with E-state index in [2.05, 4.69) is 5.10 Å². The van der Waals surface area contributed by atoms with Gasteiger partial charge in [0.05, 0.1) is 12.7 Å². The van der Waals surface area contributed by atoms with Gasteiger partial charge >= 0.3 is 0 Å². The highest BCUT2D eigenvalue weighted by molar-refractivity contribution is 5.05. The molecule has 4 heteroatoms. The zero-order valence-corrected chi connectivity index (χ0v) is 7.92. The van der Waals surface area contributed by atoms with Gasteiger partial charge in [0.25, 0.3) is 5.56 Å². The van der Waals surface area contributed by atoms with Crippen LogP contribution in [0.25, 0.3) is 0 Å². The Labute approximate surface area is 81.4 Å². The molecule has 0 saturated heterocycles. The lowest BCUT2D eigenvalue weighted by Gasteiger charge is -2.01. The van der Waals surface area contributed by atoms with Crippen LogP contribution in [0.2, 0.25) is 0 Å². The summed E-state index contributed by atoms with van der Waals surface area (Å²) in [6.07, 6.45) is 5.44. The van der Waals surface area contributed by atoms with Crippen LogP contribution in [-0.4, -0.2) is 14.3 Å². The monoisotopic (exact) mass is 189 g/mol. The maximum absolute atomic E-state index is 11.4. The molecule has 14 heavy (non-hydrogen) atoms. The summed E-state index contributed by atoms with van der Waals surface area (Å²) in [6, 6.07) is 5.14. The van der Waals surface area contributed by atoms with Gasteiger partial charge in [0, 0.05) is 31.1 Å². The summed E-state index contributed by atoms with van der Waals surface area (Å²) in [7, 11) is 1.86. The average Bonchev–Trinajstić information content (AvgIpc) is 2.56. The van der Waals surface area contributed by atoms with Crippen molar-refractivity contribution < 1.29 is 0 Å². The first-order chi connectivity index (χ1) is 6.75. The molecule has 4 nitrogen and oxygen atoms in total. The number of hydrogen-bond donors (Lipinski definition) is 0. The van der Waals surface area contributed by atoms with Crippen LogP contribution in [0.15, 0.2) is 41.6 Å². The van der Waals surface area contributed by atoms with Crippen molar-refractivity contribution in [1.82, 2.24) is 14.3 Å². The van der Waals surface area contributed by atoms with E-state index >= 15 is 0 Å². The molecule has 0 radical (unpaired) electrons. The van der Waals surface area contributed by atoms with Gasteiger partial charge in [-0.25, -0.2) is 0 Å². The van der Waals surface area contributed by atoms with Gasteiger partial charge in [-0.2, -0.15) is 5.10 Å². The van der Waals surface area contributed by atoms with Crippen LogP contribution in [0.3, 0.4) is 0 Å². The van der Waals surface area contributed by atoms with Crippen LogP contribution in [-0.2, 0) is 13.6 Å². The largest absolute Gasteiger partial charge is 0.311 e. The lowest BCUT2D eigenvalue weighted by molar-refractivity contribution is 0.749. The highest BCUT2D eigenvalue weighted by Gasteiger charge is 1.98. The smallest absolute Gasteiger partial charge is 0.250 e. The van der Waals surface area contributed by atoms with Crippen molar-refractivity contribution in [2.45, 2.75) is 6.54 Å². The third-order valence-corrected chi connectivity index (χ3v) is 2.01. The Balaban J connectivity index is 2.27. The SMILES string of the molecule is Cn1cc(Cn2ccccc2=O)cn1. The summed E-state index contributed by atoms with van der Waals surface area (Å²) in [5.74, 6) is 0. The van der Waals surface area contributed by atoms with E-state index in [0.29, 0.717) is 6.54 Å². The first-order valence-corrected chi connectivity index (χ1v) is 4.39. The Kier molecular flexibility index (Phi) is 2.18. The molecule has 0 fully saturated rings. The van der Waals surface area contributed by atoms with Crippen molar-refractivity contribution in [3.05, 3.63) is 52.7 Å². The number of hydrogen-bond acceptors (Lipinski definition) is 2. The molecule has 0 atom stereocenters. The fourth-order valence-corrected chi connectivity index (χ4v) is 1.34. The van der Waals surface area contributed by atoms with Gasteiger partial charge in [0.15, 0.2) is 0 Å². The van der Waals surface area contributed by atoms with E-state index in [4.69, 9.17) is 0 Å². The fraction of sp³-hybridized carbons (Fsp3) is 0.200. The summed E-state index contributed by atoms with van der Waals surface area (Å²) in [6.45, 7) is 0.577. The Morgan fingerprint density at radius 3 is 2.93 bits per heavy atom. The van der Waals surface area contributed by atoms with E-state index < -0.39 is 0 Å². The van der Waals surface area contributed by atoms with Crippen LogP contribution < -0.4 is 5.56 Å². The summed E-state index contributed by atoms with van der Waals surface area (Å²) in [5, 5.41) is 4.04. The van der Waals surface area contributed by atoms with Gasteiger partial charge in [-0.15, -0.1) is 0 Å². The molecule has 0 bridgehead atoms. The summed E-state index contributed by atoms with van der Waals surface area (Å²) in [5.41, 5.74) is 1.04. The van der Waals surface area contributed by atoms with Crippen LogP contribution >= 0.6 is 0 Å². The lowest BCUT2D eigenvalue weighted by atomic mass is 10.3. The maximum Gasteiger partial charge on any atom is 0.250 e. The van der Waals surface area contributed by atoms with E-state index in [-0.39, 0.29) is 5.56 Å². The third kappa shape index (κ3) is 1.74. The van der Waals surface area contributed by atoms with Gasteiger partial charge < -0.3 is 4.57 Å². The molecule has 2 heterocycles. The molecule has 0 aromatic carbocycles. The van der Waals surface area contributed by atoms with Crippen LogP contribution in [0.4, 0.5) is 0 Å². The molecule has 2 rings (SSSR count). The lowest BCUT2D eigenvalue weighted by Crippen LogP contribution is -2.17. The topological polar surface area (TPSA) is 39.8 Å². The van der Waals surface area contributed by atoms with E-state index in [1.165, 1.54) is 0 Å². The van der Waals surface area contributed by atoms with Gasteiger partial charge in [-0.05, 0) is 6.07 Å². The second-order valence-corrected chi connectivity index (χ2v) is 3.19. The van der Waals surface area contributed by atoms with Crippen molar-refractivity contribution in [1.29, 1.82) is 0 Å².